The molecule has 1 aromatic heterocycles. The first kappa shape index (κ1) is 18.2. The van der Waals surface area contributed by atoms with E-state index in [2.05, 4.69) is 5.18 Å². The summed E-state index contributed by atoms with van der Waals surface area (Å²) in [5.41, 5.74) is 1.02. The first-order valence-electron chi connectivity index (χ1n) is 7.87. The fourth-order valence-corrected chi connectivity index (χ4v) is 2.68. The van der Waals surface area contributed by atoms with Crippen LogP contribution >= 0.6 is 0 Å². The standard InChI is InChI=1S/C17H11B2NO7/c18-12-13(19)17-11(15(23)16(12)24)9(5-27-17)14(22)7-1-3-8(4-2-7)26-6-10(21)20-25/h1-5H,6,18-19H2. The van der Waals surface area contributed by atoms with Crippen LogP contribution in [0.3, 0.4) is 0 Å². The number of carbonyl (C=O) groups is 4. The van der Waals surface area contributed by atoms with Gasteiger partial charge >= 0.3 is 5.91 Å². The van der Waals surface area contributed by atoms with Gasteiger partial charge in [-0.15, -0.1) is 4.91 Å². The number of amides is 1. The molecule has 0 atom stereocenters. The SMILES string of the molecule is BC1=C(B)c2occ(C(=O)c3ccc(OCC(=O)N=O)cc3)c2C(=O)C1=O. The summed E-state index contributed by atoms with van der Waals surface area (Å²) >= 11 is 0. The van der Waals surface area contributed by atoms with E-state index in [1.807, 2.05) is 0 Å². The van der Waals surface area contributed by atoms with Gasteiger partial charge in [-0.1, -0.05) is 0 Å². The van der Waals surface area contributed by atoms with E-state index in [9.17, 15) is 24.1 Å². The predicted octanol–water partition coefficient (Wildman–Crippen LogP) is -0.117. The largest absolute Gasteiger partial charge is 0.484 e. The lowest BCUT2D eigenvalue weighted by Crippen LogP contribution is -2.25. The van der Waals surface area contributed by atoms with Crippen LogP contribution in [0.25, 0.3) is 5.47 Å². The van der Waals surface area contributed by atoms with E-state index in [0.717, 1.165) is 0 Å². The van der Waals surface area contributed by atoms with E-state index >= 15 is 0 Å². The predicted molar refractivity (Wildman–Crippen MR) is 98.2 cm³/mol. The van der Waals surface area contributed by atoms with Gasteiger partial charge in [-0.05, 0) is 35.2 Å². The molecule has 1 aliphatic rings. The number of ether oxygens (including phenoxy) is 1. The van der Waals surface area contributed by atoms with Crippen LogP contribution in [-0.4, -0.2) is 45.6 Å². The van der Waals surface area contributed by atoms with Gasteiger partial charge in [0.25, 0.3) is 0 Å². The Bertz CT molecular complexity index is 1030. The number of hydrogen-bond acceptors (Lipinski definition) is 7. The van der Waals surface area contributed by atoms with Crippen molar-refractivity contribution in [3.8, 4) is 5.75 Å². The normalized spacial score (nSPS) is 13.3. The molecule has 8 nitrogen and oxygen atoms in total. The van der Waals surface area contributed by atoms with Crippen molar-refractivity contribution in [3.05, 3.63) is 63.4 Å². The van der Waals surface area contributed by atoms with E-state index in [4.69, 9.17) is 9.15 Å². The Labute approximate surface area is 154 Å². The lowest BCUT2D eigenvalue weighted by atomic mass is 9.70. The van der Waals surface area contributed by atoms with Crippen LogP contribution in [0.2, 0.25) is 0 Å². The van der Waals surface area contributed by atoms with E-state index in [0.29, 0.717) is 10.9 Å². The summed E-state index contributed by atoms with van der Waals surface area (Å²) in [5.74, 6) is -2.40. The Hall–Kier alpha value is -3.55. The summed E-state index contributed by atoms with van der Waals surface area (Å²) in [5, 5.41) is 2.21. The number of furan rings is 1. The van der Waals surface area contributed by atoms with Crippen molar-refractivity contribution in [1.29, 1.82) is 0 Å². The zero-order valence-corrected chi connectivity index (χ0v) is 14.4. The number of Topliss-reactive ketones (excluding diaryl/α,β-unsaturated/α-hetero) is 2. The van der Waals surface area contributed by atoms with E-state index < -0.39 is 29.9 Å². The minimum atomic E-state index is -0.956. The van der Waals surface area contributed by atoms with Crippen LogP contribution in [0.5, 0.6) is 5.75 Å². The minimum absolute atomic E-state index is 0.00389. The Morgan fingerprint density at radius 1 is 1.04 bits per heavy atom. The first-order valence-corrected chi connectivity index (χ1v) is 7.87. The van der Waals surface area contributed by atoms with Gasteiger partial charge < -0.3 is 9.15 Å². The smallest absolute Gasteiger partial charge is 0.323 e. The molecule has 3 rings (SSSR count). The zero-order chi connectivity index (χ0) is 19.7. The van der Waals surface area contributed by atoms with Gasteiger partial charge in [0, 0.05) is 10.7 Å². The van der Waals surface area contributed by atoms with Gasteiger partial charge in [0.1, 0.15) is 33.5 Å². The number of ketones is 3. The molecule has 10 heteroatoms. The lowest BCUT2D eigenvalue weighted by Gasteiger charge is -2.13. The lowest BCUT2D eigenvalue weighted by molar-refractivity contribution is -0.119. The maximum atomic E-state index is 12.8. The zero-order valence-electron chi connectivity index (χ0n) is 14.4. The molecule has 0 unspecified atom stereocenters. The quantitative estimate of drug-likeness (QED) is 0.314. The van der Waals surface area contributed by atoms with E-state index in [1.165, 1.54) is 38.4 Å². The van der Waals surface area contributed by atoms with Crippen LogP contribution in [0.15, 0.2) is 45.6 Å². The fourth-order valence-electron chi connectivity index (χ4n) is 2.68. The summed E-state index contributed by atoms with van der Waals surface area (Å²) in [6, 6.07) is 5.72. The van der Waals surface area contributed by atoms with Crippen molar-refractivity contribution in [1.82, 2.24) is 0 Å². The van der Waals surface area contributed by atoms with Crippen LogP contribution in [0.4, 0.5) is 0 Å². The number of rotatable bonds is 5. The summed E-state index contributed by atoms with van der Waals surface area (Å²) in [6.45, 7) is -0.506. The van der Waals surface area contributed by atoms with Gasteiger partial charge in [-0.25, -0.2) is 0 Å². The Morgan fingerprint density at radius 3 is 2.33 bits per heavy atom. The number of carbonyl (C=O) groups excluding carboxylic acids is 4. The number of nitroso groups, excluding NO2 is 1. The van der Waals surface area contributed by atoms with E-state index in [1.54, 1.807) is 7.85 Å². The number of fused-ring (bicyclic) bond motifs is 1. The third-order valence-electron chi connectivity index (χ3n) is 4.29. The molecule has 0 saturated heterocycles. The van der Waals surface area contributed by atoms with Crippen molar-refractivity contribution in [2.45, 2.75) is 0 Å². The molecular formula is C17H11B2NO7. The molecule has 132 valence electrons. The second kappa shape index (κ2) is 6.99. The molecule has 0 saturated carbocycles. The number of nitrogens with zero attached hydrogens (tertiary/aromatic N) is 1. The number of hydrogen-bond donors (Lipinski definition) is 0. The van der Waals surface area contributed by atoms with Crippen molar-refractivity contribution < 1.29 is 28.3 Å². The van der Waals surface area contributed by atoms with Crippen LogP contribution in [0, 0.1) is 4.91 Å². The minimum Gasteiger partial charge on any atom is -0.484 e. The molecule has 1 aromatic carbocycles. The monoisotopic (exact) mass is 363 g/mol. The third kappa shape index (κ3) is 3.17. The van der Waals surface area contributed by atoms with Gasteiger partial charge in [-0.3, -0.25) is 19.2 Å². The highest BCUT2D eigenvalue weighted by Crippen LogP contribution is 2.31. The molecule has 2 aromatic rings. The Balaban J connectivity index is 1.89. The highest BCUT2D eigenvalue weighted by atomic mass is 16.5. The van der Waals surface area contributed by atoms with Crippen molar-refractivity contribution in [2.75, 3.05) is 6.61 Å². The maximum Gasteiger partial charge on any atom is 0.323 e. The number of allylic oxidation sites excluding steroid dienone is 1. The molecule has 1 amide bonds. The average Bonchev–Trinajstić information content (AvgIpc) is 3.13. The molecule has 0 spiro atoms. The molecule has 0 radical (unpaired) electrons. The summed E-state index contributed by atoms with van der Waals surface area (Å²) in [6.07, 6.45) is 1.17. The van der Waals surface area contributed by atoms with Crippen molar-refractivity contribution in [3.63, 3.8) is 0 Å². The summed E-state index contributed by atoms with van der Waals surface area (Å²) < 4.78 is 10.4. The van der Waals surface area contributed by atoms with Gasteiger partial charge in [-0.2, -0.15) is 0 Å². The maximum absolute atomic E-state index is 12.8. The molecule has 1 heterocycles. The molecule has 0 fully saturated rings. The highest BCUT2D eigenvalue weighted by Gasteiger charge is 2.35. The summed E-state index contributed by atoms with van der Waals surface area (Å²) in [4.78, 5) is 58.0. The molecule has 1 aliphatic carbocycles. The topological polar surface area (TPSA) is 120 Å². The molecule has 0 bridgehead atoms. The van der Waals surface area contributed by atoms with Crippen molar-refractivity contribution in [2.24, 2.45) is 5.18 Å². The second-order valence-corrected chi connectivity index (χ2v) is 5.89. The number of benzene rings is 1. The van der Waals surface area contributed by atoms with Crippen LogP contribution in [-0.2, 0) is 9.59 Å². The Kier molecular flexibility index (Phi) is 4.72. The fraction of sp³-hybridized carbons (Fsp3) is 0.0588. The summed E-state index contributed by atoms with van der Waals surface area (Å²) in [7, 11) is 3.18. The average molecular weight is 363 g/mol. The molecule has 0 N–H and O–H groups in total. The Morgan fingerprint density at radius 2 is 1.70 bits per heavy atom. The van der Waals surface area contributed by atoms with Gasteiger partial charge in [0.05, 0.1) is 11.1 Å². The van der Waals surface area contributed by atoms with Crippen molar-refractivity contribution >= 4 is 44.4 Å². The molecule has 27 heavy (non-hydrogen) atoms. The van der Waals surface area contributed by atoms with Gasteiger partial charge in [0.2, 0.25) is 11.6 Å². The molecular weight excluding hydrogens is 352 g/mol. The van der Waals surface area contributed by atoms with Gasteiger partial charge in [0.15, 0.2) is 12.4 Å². The van der Waals surface area contributed by atoms with Crippen LogP contribution < -0.4 is 4.74 Å². The second-order valence-electron chi connectivity index (χ2n) is 5.89. The molecule has 0 aliphatic heterocycles. The highest BCUT2D eigenvalue weighted by molar-refractivity contribution is 6.68. The first-order chi connectivity index (χ1) is 12.8. The van der Waals surface area contributed by atoms with E-state index in [-0.39, 0.29) is 28.2 Å². The third-order valence-corrected chi connectivity index (χ3v) is 4.29. The van der Waals surface area contributed by atoms with Crippen LogP contribution in [0.1, 0.15) is 32.0 Å².